The number of benzene rings is 2. The van der Waals surface area contributed by atoms with Gasteiger partial charge in [0.1, 0.15) is 10.3 Å². The van der Waals surface area contributed by atoms with E-state index in [0.717, 1.165) is 40.4 Å². The number of carbonyl (C=O) groups is 2. The van der Waals surface area contributed by atoms with Crippen LogP contribution in [0.25, 0.3) is 21.9 Å². The van der Waals surface area contributed by atoms with E-state index in [2.05, 4.69) is 17.0 Å². The Morgan fingerprint density at radius 3 is 2.51 bits per heavy atom. The van der Waals surface area contributed by atoms with Crippen LogP contribution in [0.15, 0.2) is 53.3 Å². The Labute approximate surface area is 205 Å². The lowest BCUT2D eigenvalue weighted by Gasteiger charge is -2.11. The van der Waals surface area contributed by atoms with Gasteiger partial charge in [0.2, 0.25) is 10.9 Å². The molecule has 8 nitrogen and oxygen atoms in total. The Morgan fingerprint density at radius 1 is 1.03 bits per heavy atom. The molecule has 0 spiro atoms. The number of para-hydroxylation sites is 1. The lowest BCUT2D eigenvalue weighted by molar-refractivity contribution is -0.122. The van der Waals surface area contributed by atoms with E-state index in [4.69, 9.17) is 4.74 Å². The topological polar surface area (TPSA) is 93.9 Å². The summed E-state index contributed by atoms with van der Waals surface area (Å²) in [5.74, 6) is 0.289. The molecule has 1 aliphatic heterocycles. The molecule has 3 heterocycles. The molecule has 2 aromatic heterocycles. The quantitative estimate of drug-likeness (QED) is 0.369. The van der Waals surface area contributed by atoms with Crippen molar-refractivity contribution in [3.63, 3.8) is 0 Å². The zero-order valence-corrected chi connectivity index (χ0v) is 20.3. The van der Waals surface area contributed by atoms with Crippen molar-refractivity contribution in [2.75, 3.05) is 11.5 Å². The minimum atomic E-state index is -0.509. The second-order valence-corrected chi connectivity index (χ2v) is 9.33. The molecule has 0 fully saturated rings. The van der Waals surface area contributed by atoms with Crippen molar-refractivity contribution in [3.05, 3.63) is 69.0 Å². The minimum absolute atomic E-state index is 0.208. The largest absolute Gasteiger partial charge is 0.494 e. The highest BCUT2D eigenvalue weighted by atomic mass is 32.1. The van der Waals surface area contributed by atoms with Crippen molar-refractivity contribution in [3.8, 4) is 17.1 Å². The van der Waals surface area contributed by atoms with Crippen LogP contribution in [0.3, 0.4) is 0 Å². The third kappa shape index (κ3) is 4.12. The summed E-state index contributed by atoms with van der Waals surface area (Å²) in [4.78, 5) is 44.4. The van der Waals surface area contributed by atoms with Gasteiger partial charge in [-0.25, -0.2) is 4.90 Å². The summed E-state index contributed by atoms with van der Waals surface area (Å²) >= 11 is 1.09. The molecule has 0 N–H and O–H groups in total. The molecule has 0 atom stereocenters. The van der Waals surface area contributed by atoms with Gasteiger partial charge in [-0.3, -0.25) is 14.4 Å². The Kier molecular flexibility index (Phi) is 6.17. The van der Waals surface area contributed by atoms with E-state index in [1.54, 1.807) is 24.3 Å². The molecule has 0 unspecified atom stereocenters. The van der Waals surface area contributed by atoms with Crippen LogP contribution in [0.2, 0.25) is 0 Å². The number of thiazole rings is 1. The average molecular weight is 489 g/mol. The van der Waals surface area contributed by atoms with Gasteiger partial charge < -0.3 is 4.74 Å². The molecule has 5 rings (SSSR count). The maximum absolute atomic E-state index is 13.2. The molecule has 4 aromatic rings. The van der Waals surface area contributed by atoms with Crippen LogP contribution in [0.4, 0.5) is 5.69 Å². The van der Waals surface area contributed by atoms with Gasteiger partial charge in [-0.1, -0.05) is 55.7 Å². The number of rotatable bonds is 7. The highest BCUT2D eigenvalue weighted by Crippen LogP contribution is 2.35. The van der Waals surface area contributed by atoms with E-state index in [9.17, 15) is 14.4 Å². The highest BCUT2D eigenvalue weighted by molar-refractivity contribution is 7.15. The number of anilines is 1. The molecular weight excluding hydrogens is 464 g/mol. The molecule has 0 radical (unpaired) electrons. The van der Waals surface area contributed by atoms with Gasteiger partial charge in [-0.2, -0.15) is 9.50 Å². The van der Waals surface area contributed by atoms with Crippen molar-refractivity contribution in [1.29, 1.82) is 0 Å². The Balaban J connectivity index is 1.46. The number of carbonyl (C=O) groups excluding carboxylic acids is 2. The number of hydrogen-bond acceptors (Lipinski definition) is 7. The predicted octanol–water partition coefficient (Wildman–Crippen LogP) is 3.59. The maximum Gasteiger partial charge on any atom is 0.291 e. The van der Waals surface area contributed by atoms with E-state index >= 15 is 0 Å². The van der Waals surface area contributed by atoms with Crippen molar-refractivity contribution in [2.45, 2.75) is 39.5 Å². The second-order valence-electron chi connectivity index (χ2n) is 8.35. The molecule has 0 bridgehead atoms. The normalized spacial score (nSPS) is 14.6. The molecule has 35 heavy (non-hydrogen) atoms. The van der Waals surface area contributed by atoms with Gasteiger partial charge in [0.15, 0.2) is 5.82 Å². The zero-order chi connectivity index (χ0) is 24.5. The molecule has 0 saturated heterocycles. The van der Waals surface area contributed by atoms with Crippen molar-refractivity contribution < 1.29 is 14.3 Å². The van der Waals surface area contributed by atoms with Crippen molar-refractivity contribution in [1.82, 2.24) is 14.6 Å². The molecule has 178 valence electrons. The second kappa shape index (κ2) is 9.42. The van der Waals surface area contributed by atoms with E-state index in [1.165, 1.54) is 24.3 Å². The van der Waals surface area contributed by atoms with Crippen LogP contribution in [0, 0.1) is 0 Å². The number of amides is 2. The van der Waals surface area contributed by atoms with E-state index in [0.29, 0.717) is 28.6 Å². The van der Waals surface area contributed by atoms with Gasteiger partial charge >= 0.3 is 0 Å². The van der Waals surface area contributed by atoms with Gasteiger partial charge in [-0.15, -0.1) is 5.10 Å². The van der Waals surface area contributed by atoms with Gasteiger partial charge in [0.25, 0.3) is 11.5 Å². The molecule has 2 amide bonds. The Morgan fingerprint density at radius 2 is 1.80 bits per heavy atom. The summed E-state index contributed by atoms with van der Waals surface area (Å²) in [7, 11) is 0. The first-order valence-corrected chi connectivity index (χ1v) is 12.4. The highest BCUT2D eigenvalue weighted by Gasteiger charge is 2.36. The van der Waals surface area contributed by atoms with Crippen LogP contribution in [-0.4, -0.2) is 33.0 Å². The number of unbranched alkanes of at least 4 members (excludes halogenated alkanes) is 3. The first kappa shape index (κ1) is 22.9. The molecule has 0 aliphatic carbocycles. The summed E-state index contributed by atoms with van der Waals surface area (Å²) < 4.78 is 7.22. The fraction of sp³-hybridized carbons (Fsp3) is 0.269. The predicted molar refractivity (Wildman–Crippen MR) is 135 cm³/mol. The standard InChI is InChI=1S/C26H24N4O4S/c1-3-4-5-8-15-34-18-13-11-17(12-14-18)23-27-26-30(28-23)25(33)22(35-26)21-19-9-6-7-10-20(19)29(16(2)31)24(21)32/h6-7,9-14H,3-5,8,15H2,1-2H3/b22-21-. The van der Waals surface area contributed by atoms with Crippen LogP contribution < -0.4 is 19.7 Å². The lowest BCUT2D eigenvalue weighted by atomic mass is 10.1. The molecule has 0 saturated carbocycles. The zero-order valence-electron chi connectivity index (χ0n) is 19.5. The summed E-state index contributed by atoms with van der Waals surface area (Å²) in [5, 5.41) is 4.39. The maximum atomic E-state index is 13.2. The van der Waals surface area contributed by atoms with Crippen molar-refractivity contribution >= 4 is 39.4 Å². The average Bonchev–Trinajstić information content (AvgIpc) is 3.49. The van der Waals surface area contributed by atoms with E-state index in [-0.39, 0.29) is 10.1 Å². The Bertz CT molecular complexity index is 1540. The summed E-state index contributed by atoms with van der Waals surface area (Å²) in [6.07, 6.45) is 4.59. The SMILES string of the molecule is CCCCCCOc1ccc(-c2nc3s/c(=C4\C(=O)N(C(C)=O)c5ccccc54)c(=O)n3n2)cc1. The molecule has 2 aromatic carbocycles. The van der Waals surface area contributed by atoms with Gasteiger partial charge in [0.05, 0.1) is 17.9 Å². The van der Waals surface area contributed by atoms with Gasteiger partial charge in [-0.05, 0) is 36.8 Å². The Hall–Kier alpha value is -3.85. The number of imide groups is 1. The molecule has 1 aliphatic rings. The number of hydrogen-bond donors (Lipinski definition) is 0. The smallest absolute Gasteiger partial charge is 0.291 e. The van der Waals surface area contributed by atoms with Crippen LogP contribution in [0.5, 0.6) is 5.75 Å². The van der Waals surface area contributed by atoms with Crippen LogP contribution in [-0.2, 0) is 9.59 Å². The fourth-order valence-electron chi connectivity index (χ4n) is 4.18. The fourth-order valence-corrected chi connectivity index (χ4v) is 5.17. The first-order valence-electron chi connectivity index (χ1n) is 11.6. The van der Waals surface area contributed by atoms with Crippen LogP contribution >= 0.6 is 11.3 Å². The summed E-state index contributed by atoms with van der Waals surface area (Å²) in [6, 6.07) is 14.4. The molecule has 9 heteroatoms. The third-order valence-corrected chi connectivity index (χ3v) is 6.94. The monoisotopic (exact) mass is 488 g/mol. The number of nitrogens with zero attached hydrogens (tertiary/aromatic N) is 4. The van der Waals surface area contributed by atoms with Crippen molar-refractivity contribution in [2.24, 2.45) is 0 Å². The van der Waals surface area contributed by atoms with E-state index < -0.39 is 17.4 Å². The summed E-state index contributed by atoms with van der Waals surface area (Å²) in [6.45, 7) is 4.19. The lowest BCUT2D eigenvalue weighted by Crippen LogP contribution is -2.35. The molecular formula is C26H24N4O4S. The number of aromatic nitrogens is 3. The van der Waals surface area contributed by atoms with E-state index in [1.807, 2.05) is 24.3 Å². The number of ether oxygens (including phenoxy) is 1. The van der Waals surface area contributed by atoms with Gasteiger partial charge in [0, 0.05) is 18.1 Å². The first-order chi connectivity index (χ1) is 17.0. The summed E-state index contributed by atoms with van der Waals surface area (Å²) in [5.41, 5.74) is 1.57. The van der Waals surface area contributed by atoms with Crippen LogP contribution in [0.1, 0.15) is 45.1 Å². The number of fused-ring (bicyclic) bond motifs is 2. The third-order valence-electron chi connectivity index (χ3n) is 5.91. The minimum Gasteiger partial charge on any atom is -0.494 e.